The van der Waals surface area contributed by atoms with Gasteiger partial charge in [-0.05, 0) is 30.4 Å². The van der Waals surface area contributed by atoms with Crippen molar-refractivity contribution < 1.29 is 13.2 Å². The van der Waals surface area contributed by atoms with E-state index in [1.54, 1.807) is 0 Å². The fourth-order valence-corrected chi connectivity index (χ4v) is 1.02. The zero-order chi connectivity index (χ0) is 10.8. The number of benzene rings is 1. The van der Waals surface area contributed by atoms with Crippen molar-refractivity contribution in [3.05, 3.63) is 23.8 Å². The molecule has 0 amide bonds. The first-order chi connectivity index (χ1) is 6.45. The van der Waals surface area contributed by atoms with Crippen molar-refractivity contribution in [2.45, 2.75) is 6.18 Å². The summed E-state index contributed by atoms with van der Waals surface area (Å²) in [4.78, 5) is 3.43. The predicted molar refractivity (Wildman–Crippen MR) is 50.5 cm³/mol. The highest BCUT2D eigenvalue weighted by molar-refractivity contribution is 7.78. The number of thiocarbonyl (C=S) groups is 1. The molecule has 0 aliphatic carbocycles. The largest absolute Gasteiger partial charge is 0.418 e. The summed E-state index contributed by atoms with van der Waals surface area (Å²) < 4.78 is 36.9. The summed E-state index contributed by atoms with van der Waals surface area (Å²) in [6, 6.07) is 3.30. The first-order valence-electron chi connectivity index (χ1n) is 3.49. The van der Waals surface area contributed by atoms with E-state index in [4.69, 9.17) is 5.73 Å². The first-order valence-corrected chi connectivity index (χ1v) is 3.90. The van der Waals surface area contributed by atoms with Gasteiger partial charge in [-0.25, -0.2) is 0 Å². The molecule has 0 bridgehead atoms. The van der Waals surface area contributed by atoms with E-state index in [1.165, 1.54) is 6.07 Å². The van der Waals surface area contributed by atoms with Crippen LogP contribution in [0.4, 0.5) is 24.5 Å². The van der Waals surface area contributed by atoms with Gasteiger partial charge in [0, 0.05) is 5.69 Å². The van der Waals surface area contributed by atoms with Gasteiger partial charge in [0.2, 0.25) is 0 Å². The molecule has 1 aromatic carbocycles. The summed E-state index contributed by atoms with van der Waals surface area (Å²) in [5.41, 5.74) is 4.00. The number of nitrogens with zero attached hydrogens (tertiary/aromatic N) is 1. The van der Waals surface area contributed by atoms with Gasteiger partial charge >= 0.3 is 6.18 Å². The van der Waals surface area contributed by atoms with Crippen LogP contribution in [0.25, 0.3) is 0 Å². The molecule has 0 heterocycles. The third-order valence-electron chi connectivity index (χ3n) is 1.52. The monoisotopic (exact) mass is 218 g/mol. The molecule has 1 rings (SSSR count). The summed E-state index contributed by atoms with van der Waals surface area (Å²) in [6.07, 6.45) is -4.48. The Kier molecular flexibility index (Phi) is 2.88. The molecule has 2 N–H and O–H groups in total. The minimum absolute atomic E-state index is 0.0847. The van der Waals surface area contributed by atoms with Gasteiger partial charge in [0.1, 0.15) is 0 Å². The number of nitrogens with two attached hydrogens (primary N) is 1. The molecule has 1 aromatic rings. The molecular weight excluding hydrogens is 213 g/mol. The maximum atomic E-state index is 12.3. The molecule has 6 heteroatoms. The summed E-state index contributed by atoms with van der Waals surface area (Å²) in [6.45, 7) is 0. The van der Waals surface area contributed by atoms with Crippen LogP contribution >= 0.6 is 12.2 Å². The lowest BCUT2D eigenvalue weighted by molar-refractivity contribution is -0.136. The van der Waals surface area contributed by atoms with Crippen molar-refractivity contribution in [1.29, 1.82) is 0 Å². The highest BCUT2D eigenvalue weighted by Crippen LogP contribution is 2.35. The molecule has 0 radical (unpaired) electrons. The zero-order valence-corrected chi connectivity index (χ0v) is 7.62. The molecule has 14 heavy (non-hydrogen) atoms. The van der Waals surface area contributed by atoms with Gasteiger partial charge in [0.15, 0.2) is 0 Å². The lowest BCUT2D eigenvalue weighted by Crippen LogP contribution is -2.08. The average molecular weight is 218 g/mol. The number of aliphatic imine (C=N–C) groups is 1. The van der Waals surface area contributed by atoms with Gasteiger partial charge in [-0.3, -0.25) is 0 Å². The van der Waals surface area contributed by atoms with Gasteiger partial charge in [-0.15, -0.1) is 0 Å². The molecule has 0 fully saturated rings. The molecule has 0 atom stereocenters. The van der Waals surface area contributed by atoms with Crippen molar-refractivity contribution in [2.24, 2.45) is 4.99 Å². The van der Waals surface area contributed by atoms with Gasteiger partial charge in [-0.1, -0.05) is 0 Å². The summed E-state index contributed by atoms with van der Waals surface area (Å²) >= 11 is 4.27. The number of rotatable bonds is 1. The lowest BCUT2D eigenvalue weighted by Gasteiger charge is -2.09. The van der Waals surface area contributed by atoms with E-state index < -0.39 is 11.7 Å². The smallest absolute Gasteiger partial charge is 0.398 e. The molecule has 74 valence electrons. The SMILES string of the molecule is Nc1ccc(N=C=S)cc1C(F)(F)F. The molecule has 0 saturated carbocycles. The van der Waals surface area contributed by atoms with Crippen LogP contribution in [-0.2, 0) is 6.18 Å². The molecule has 0 aliphatic heterocycles. The number of hydrogen-bond donors (Lipinski definition) is 1. The Morgan fingerprint density at radius 2 is 2.00 bits per heavy atom. The predicted octanol–water partition coefficient (Wildman–Crippen LogP) is 3.02. The van der Waals surface area contributed by atoms with Crippen LogP contribution in [0.15, 0.2) is 23.2 Å². The number of anilines is 1. The van der Waals surface area contributed by atoms with Gasteiger partial charge in [0.25, 0.3) is 0 Å². The number of hydrogen-bond acceptors (Lipinski definition) is 3. The van der Waals surface area contributed by atoms with Crippen molar-refractivity contribution in [1.82, 2.24) is 0 Å². The highest BCUT2D eigenvalue weighted by atomic mass is 32.1. The summed E-state index contributed by atoms with van der Waals surface area (Å²) in [5, 5.41) is 1.98. The Bertz CT molecular complexity index is 394. The molecular formula is C8H5F3N2S. The fraction of sp³-hybridized carbons (Fsp3) is 0.125. The van der Waals surface area contributed by atoms with Crippen LogP contribution in [0.5, 0.6) is 0 Å². The van der Waals surface area contributed by atoms with Gasteiger partial charge in [-0.2, -0.15) is 18.2 Å². The molecule has 0 saturated heterocycles. The third kappa shape index (κ3) is 2.31. The van der Waals surface area contributed by atoms with E-state index in [2.05, 4.69) is 17.2 Å². The van der Waals surface area contributed by atoms with Gasteiger partial charge in [0.05, 0.1) is 16.4 Å². The summed E-state index contributed by atoms with van der Waals surface area (Å²) in [7, 11) is 0. The van der Waals surface area contributed by atoms with Crippen LogP contribution in [0.2, 0.25) is 0 Å². The van der Waals surface area contributed by atoms with E-state index >= 15 is 0 Å². The van der Waals surface area contributed by atoms with Crippen LogP contribution in [0.3, 0.4) is 0 Å². The maximum absolute atomic E-state index is 12.3. The first kappa shape index (κ1) is 10.7. The highest BCUT2D eigenvalue weighted by Gasteiger charge is 2.33. The van der Waals surface area contributed by atoms with E-state index in [0.29, 0.717) is 0 Å². The zero-order valence-electron chi connectivity index (χ0n) is 6.80. The molecule has 0 aliphatic rings. The Morgan fingerprint density at radius 3 is 2.50 bits per heavy atom. The van der Waals surface area contributed by atoms with Crippen LogP contribution in [0.1, 0.15) is 5.56 Å². The van der Waals surface area contributed by atoms with Crippen LogP contribution in [0, 0.1) is 0 Å². The van der Waals surface area contributed by atoms with Crippen LogP contribution < -0.4 is 5.73 Å². The van der Waals surface area contributed by atoms with E-state index in [-0.39, 0.29) is 11.4 Å². The minimum atomic E-state index is -4.48. The normalized spacial score (nSPS) is 10.8. The maximum Gasteiger partial charge on any atom is 0.418 e. The Hall–Kier alpha value is -1.39. The van der Waals surface area contributed by atoms with Crippen molar-refractivity contribution in [3.8, 4) is 0 Å². The van der Waals surface area contributed by atoms with Crippen molar-refractivity contribution in [2.75, 3.05) is 5.73 Å². The second kappa shape index (κ2) is 3.77. The second-order valence-electron chi connectivity index (χ2n) is 2.47. The number of nitrogen functional groups attached to an aromatic ring is 1. The van der Waals surface area contributed by atoms with Crippen LogP contribution in [-0.4, -0.2) is 5.16 Å². The standard InChI is InChI=1S/C8H5F3N2S/c9-8(10,11)6-3-5(13-4-14)1-2-7(6)12/h1-3H,12H2. The number of isothiocyanates is 1. The van der Waals surface area contributed by atoms with Crippen molar-refractivity contribution >= 4 is 28.8 Å². The Balaban J connectivity index is 3.28. The fourth-order valence-electron chi connectivity index (χ4n) is 0.912. The second-order valence-corrected chi connectivity index (χ2v) is 2.65. The lowest BCUT2D eigenvalue weighted by atomic mass is 10.1. The number of halogens is 3. The van der Waals surface area contributed by atoms with E-state index in [1.807, 2.05) is 5.16 Å². The van der Waals surface area contributed by atoms with E-state index in [9.17, 15) is 13.2 Å². The van der Waals surface area contributed by atoms with Crippen molar-refractivity contribution in [3.63, 3.8) is 0 Å². The van der Waals surface area contributed by atoms with Gasteiger partial charge < -0.3 is 5.73 Å². The summed E-state index contributed by atoms with van der Waals surface area (Å²) in [5.74, 6) is 0. The molecule has 0 aromatic heterocycles. The van der Waals surface area contributed by atoms with E-state index in [0.717, 1.165) is 12.1 Å². The average Bonchev–Trinajstić information content (AvgIpc) is 2.07. The number of alkyl halides is 3. The molecule has 0 spiro atoms. The quantitative estimate of drug-likeness (QED) is 0.447. The minimum Gasteiger partial charge on any atom is -0.398 e. The molecule has 0 unspecified atom stereocenters. The molecule has 2 nitrogen and oxygen atoms in total. The Morgan fingerprint density at radius 1 is 1.36 bits per heavy atom. The Labute approximate surface area is 83.3 Å². The third-order valence-corrected chi connectivity index (χ3v) is 1.61. The topological polar surface area (TPSA) is 38.4 Å².